The van der Waals surface area contributed by atoms with Crippen LogP contribution in [0.5, 0.6) is 0 Å². The first-order chi connectivity index (χ1) is 8.04. The summed E-state index contributed by atoms with van der Waals surface area (Å²) >= 11 is 7.53. The largest absolute Gasteiger partial charge is 0.346 e. The number of carbonyl (C=O) groups excluding carboxylic acids is 1. The van der Waals surface area contributed by atoms with Crippen molar-refractivity contribution in [3.05, 3.63) is 29.8 Å². The lowest BCUT2D eigenvalue weighted by Crippen LogP contribution is -2.47. The Morgan fingerprint density at radius 3 is 2.41 bits per heavy atom. The molecule has 0 aliphatic rings. The molecule has 1 aromatic carbocycles. The quantitative estimate of drug-likeness (QED) is 0.656. The van der Waals surface area contributed by atoms with Gasteiger partial charge in [0.25, 0.3) is 5.91 Å². The molecule has 0 aliphatic heterocycles. The molecule has 0 radical (unpaired) electrons. The second kappa shape index (κ2) is 6.31. The van der Waals surface area contributed by atoms with Crippen molar-refractivity contribution in [2.24, 2.45) is 0 Å². The van der Waals surface area contributed by atoms with Crippen LogP contribution in [0.1, 0.15) is 30.6 Å². The van der Waals surface area contributed by atoms with Crippen LogP contribution in [0.15, 0.2) is 29.2 Å². The van der Waals surface area contributed by atoms with Crippen LogP contribution < -0.4 is 5.32 Å². The summed E-state index contributed by atoms with van der Waals surface area (Å²) in [7, 11) is 0. The molecule has 1 rings (SSSR count). The summed E-state index contributed by atoms with van der Waals surface area (Å²) in [6, 6.07) is 7.57. The van der Waals surface area contributed by atoms with E-state index in [2.05, 4.69) is 5.32 Å². The maximum Gasteiger partial charge on any atom is 0.251 e. The standard InChI is InChI=1S/C13H18ClNOS/c1-4-13(2,9-14)15-12(16)10-5-7-11(17-3)8-6-10/h5-8H,4,9H2,1-3H3,(H,15,16). The first-order valence-electron chi connectivity index (χ1n) is 5.57. The van der Waals surface area contributed by atoms with E-state index in [1.54, 1.807) is 11.8 Å². The maximum absolute atomic E-state index is 12.0. The van der Waals surface area contributed by atoms with Crippen LogP contribution in [0.4, 0.5) is 0 Å². The highest BCUT2D eigenvalue weighted by atomic mass is 35.5. The van der Waals surface area contributed by atoms with Crippen molar-refractivity contribution in [2.45, 2.75) is 30.7 Å². The van der Waals surface area contributed by atoms with Gasteiger partial charge in [0.05, 0.1) is 5.54 Å². The molecule has 1 unspecified atom stereocenters. The van der Waals surface area contributed by atoms with E-state index in [-0.39, 0.29) is 11.4 Å². The lowest BCUT2D eigenvalue weighted by atomic mass is 10.0. The number of alkyl halides is 1. The number of benzene rings is 1. The highest BCUT2D eigenvalue weighted by Gasteiger charge is 2.23. The predicted octanol–water partition coefficient (Wildman–Crippen LogP) is 3.55. The van der Waals surface area contributed by atoms with Gasteiger partial charge in [-0.1, -0.05) is 6.92 Å². The van der Waals surface area contributed by atoms with Crippen LogP contribution in [0.25, 0.3) is 0 Å². The lowest BCUT2D eigenvalue weighted by Gasteiger charge is -2.27. The van der Waals surface area contributed by atoms with Crippen LogP contribution in [-0.2, 0) is 0 Å². The normalized spacial score (nSPS) is 14.1. The topological polar surface area (TPSA) is 29.1 Å². The molecule has 1 amide bonds. The van der Waals surface area contributed by atoms with Gasteiger partial charge in [-0.25, -0.2) is 0 Å². The molecule has 17 heavy (non-hydrogen) atoms. The van der Waals surface area contributed by atoms with Crippen molar-refractivity contribution < 1.29 is 4.79 Å². The second-order valence-corrected chi connectivity index (χ2v) is 5.38. The van der Waals surface area contributed by atoms with Gasteiger partial charge in [0, 0.05) is 16.3 Å². The van der Waals surface area contributed by atoms with E-state index < -0.39 is 0 Å². The highest BCUT2D eigenvalue weighted by molar-refractivity contribution is 7.98. The van der Waals surface area contributed by atoms with Crippen molar-refractivity contribution in [1.29, 1.82) is 0 Å². The fraction of sp³-hybridized carbons (Fsp3) is 0.462. The molecular formula is C13H18ClNOS. The number of amides is 1. The van der Waals surface area contributed by atoms with Crippen molar-refractivity contribution in [3.8, 4) is 0 Å². The molecule has 1 aromatic rings. The number of halogens is 1. The Kier molecular flexibility index (Phi) is 5.34. The predicted molar refractivity (Wildman–Crippen MR) is 75.1 cm³/mol. The zero-order valence-electron chi connectivity index (χ0n) is 10.4. The fourth-order valence-electron chi connectivity index (χ4n) is 1.30. The Hall–Kier alpha value is -0.670. The van der Waals surface area contributed by atoms with Gasteiger partial charge < -0.3 is 5.32 Å². The van der Waals surface area contributed by atoms with Crippen LogP contribution in [-0.4, -0.2) is 23.6 Å². The number of rotatable bonds is 5. The van der Waals surface area contributed by atoms with Gasteiger partial charge >= 0.3 is 0 Å². The minimum absolute atomic E-state index is 0.0670. The van der Waals surface area contributed by atoms with E-state index in [9.17, 15) is 4.79 Å². The third-order valence-electron chi connectivity index (χ3n) is 2.84. The molecule has 1 atom stereocenters. The molecule has 0 saturated heterocycles. The van der Waals surface area contributed by atoms with Gasteiger partial charge in [-0.05, 0) is 43.9 Å². The Labute approximate surface area is 112 Å². The van der Waals surface area contributed by atoms with Gasteiger partial charge in [-0.3, -0.25) is 4.79 Å². The van der Waals surface area contributed by atoms with Crippen LogP contribution >= 0.6 is 23.4 Å². The first-order valence-corrected chi connectivity index (χ1v) is 7.33. The minimum atomic E-state index is -0.336. The molecule has 4 heteroatoms. The molecule has 2 nitrogen and oxygen atoms in total. The molecule has 0 aliphatic carbocycles. The monoisotopic (exact) mass is 271 g/mol. The van der Waals surface area contributed by atoms with Crippen molar-refractivity contribution in [3.63, 3.8) is 0 Å². The summed E-state index contributed by atoms with van der Waals surface area (Å²) in [5.74, 6) is 0.348. The van der Waals surface area contributed by atoms with E-state index in [0.29, 0.717) is 11.4 Å². The minimum Gasteiger partial charge on any atom is -0.346 e. The number of hydrogen-bond acceptors (Lipinski definition) is 2. The summed E-state index contributed by atoms with van der Waals surface area (Å²) in [4.78, 5) is 13.2. The molecule has 0 fully saturated rings. The molecule has 1 N–H and O–H groups in total. The molecule has 0 saturated carbocycles. The maximum atomic E-state index is 12.0. The van der Waals surface area contributed by atoms with Gasteiger partial charge in [0.15, 0.2) is 0 Å². The average molecular weight is 272 g/mol. The van der Waals surface area contributed by atoms with Gasteiger partial charge in [0.2, 0.25) is 0 Å². The molecular weight excluding hydrogens is 254 g/mol. The number of thioether (sulfide) groups is 1. The number of carbonyl (C=O) groups is 1. The van der Waals surface area contributed by atoms with Crippen molar-refractivity contribution in [2.75, 3.05) is 12.1 Å². The van der Waals surface area contributed by atoms with Crippen molar-refractivity contribution >= 4 is 29.3 Å². The van der Waals surface area contributed by atoms with E-state index in [4.69, 9.17) is 11.6 Å². The zero-order valence-corrected chi connectivity index (χ0v) is 12.0. The third-order valence-corrected chi connectivity index (χ3v) is 4.18. The lowest BCUT2D eigenvalue weighted by molar-refractivity contribution is 0.0912. The summed E-state index contributed by atoms with van der Waals surface area (Å²) in [6.45, 7) is 3.97. The van der Waals surface area contributed by atoms with Crippen LogP contribution in [0.3, 0.4) is 0 Å². The Bertz CT molecular complexity index is 374. The number of nitrogens with one attached hydrogen (secondary N) is 1. The summed E-state index contributed by atoms with van der Waals surface area (Å²) in [6.07, 6.45) is 2.82. The number of hydrogen-bond donors (Lipinski definition) is 1. The van der Waals surface area contributed by atoms with Gasteiger partial charge in [0.1, 0.15) is 0 Å². The smallest absolute Gasteiger partial charge is 0.251 e. The molecule has 94 valence electrons. The van der Waals surface area contributed by atoms with Gasteiger partial charge in [-0.2, -0.15) is 0 Å². The SMILES string of the molecule is CCC(C)(CCl)NC(=O)c1ccc(SC)cc1. The van der Waals surface area contributed by atoms with Crippen LogP contribution in [0.2, 0.25) is 0 Å². The van der Waals surface area contributed by atoms with E-state index in [1.165, 1.54) is 0 Å². The second-order valence-electron chi connectivity index (χ2n) is 4.23. The fourth-order valence-corrected chi connectivity index (χ4v) is 1.97. The summed E-state index contributed by atoms with van der Waals surface area (Å²) in [5, 5.41) is 2.97. The van der Waals surface area contributed by atoms with Gasteiger partial charge in [-0.15, -0.1) is 23.4 Å². The molecule has 0 heterocycles. The summed E-state index contributed by atoms with van der Waals surface area (Å²) < 4.78 is 0. The highest BCUT2D eigenvalue weighted by Crippen LogP contribution is 2.16. The Balaban J connectivity index is 2.75. The average Bonchev–Trinajstić information content (AvgIpc) is 2.38. The molecule has 0 bridgehead atoms. The third kappa shape index (κ3) is 3.93. The Morgan fingerprint density at radius 2 is 2.00 bits per heavy atom. The molecule has 0 aromatic heterocycles. The molecule has 0 spiro atoms. The first kappa shape index (κ1) is 14.4. The Morgan fingerprint density at radius 1 is 1.41 bits per heavy atom. The van der Waals surface area contributed by atoms with E-state index >= 15 is 0 Å². The zero-order chi connectivity index (χ0) is 12.9. The van der Waals surface area contributed by atoms with Crippen LogP contribution in [0, 0.1) is 0 Å². The van der Waals surface area contributed by atoms with E-state index in [0.717, 1.165) is 11.3 Å². The summed E-state index contributed by atoms with van der Waals surface area (Å²) in [5.41, 5.74) is 0.337. The van der Waals surface area contributed by atoms with Crippen molar-refractivity contribution in [1.82, 2.24) is 5.32 Å². The van der Waals surface area contributed by atoms with E-state index in [1.807, 2.05) is 44.4 Å².